The normalized spacial score (nSPS) is 36.7. The van der Waals surface area contributed by atoms with Gasteiger partial charge >= 0.3 is 0 Å². The van der Waals surface area contributed by atoms with E-state index in [1.165, 1.54) is 12.8 Å². The summed E-state index contributed by atoms with van der Waals surface area (Å²) in [6.45, 7) is 2.22. The summed E-state index contributed by atoms with van der Waals surface area (Å²) in [7, 11) is 0. The van der Waals surface area contributed by atoms with Crippen molar-refractivity contribution in [3.8, 4) is 0 Å². The first-order valence-electron chi connectivity index (χ1n) is 5.76. The zero-order valence-corrected chi connectivity index (χ0v) is 9.08. The van der Waals surface area contributed by atoms with Gasteiger partial charge in [0.15, 0.2) is 0 Å². The van der Waals surface area contributed by atoms with E-state index in [4.69, 9.17) is 0 Å². The quantitative estimate of drug-likeness (QED) is 0.655. The average Bonchev–Trinajstić information content (AvgIpc) is 2.57. The van der Waals surface area contributed by atoms with Gasteiger partial charge in [0.1, 0.15) is 0 Å². The van der Waals surface area contributed by atoms with Gasteiger partial charge in [0, 0.05) is 12.5 Å². The summed E-state index contributed by atoms with van der Waals surface area (Å²) >= 11 is 0. The van der Waals surface area contributed by atoms with Crippen molar-refractivity contribution in [3.05, 3.63) is 0 Å². The van der Waals surface area contributed by atoms with Gasteiger partial charge in [0.25, 0.3) is 0 Å². The van der Waals surface area contributed by atoms with Crippen LogP contribution in [-0.4, -0.2) is 23.9 Å². The Morgan fingerprint density at radius 3 is 2.67 bits per heavy atom. The van der Waals surface area contributed by atoms with Gasteiger partial charge in [0.05, 0.1) is 6.04 Å². The van der Waals surface area contributed by atoms with Gasteiger partial charge in [-0.2, -0.15) is 0 Å². The molecule has 0 aromatic heterocycles. The number of rotatable bonds is 2. The number of hydrogen-bond acceptors (Lipinski definition) is 3. The first kappa shape index (κ1) is 10.6. The van der Waals surface area contributed by atoms with Crippen LogP contribution in [0.4, 0.5) is 0 Å². The number of hydrogen-bond donors (Lipinski definition) is 2. The van der Waals surface area contributed by atoms with Gasteiger partial charge in [-0.15, -0.1) is 0 Å². The highest BCUT2D eigenvalue weighted by atomic mass is 16.2. The Hall–Kier alpha value is -0.900. The second-order valence-electron chi connectivity index (χ2n) is 4.69. The van der Waals surface area contributed by atoms with E-state index in [9.17, 15) is 9.59 Å². The topological polar surface area (TPSA) is 58.2 Å². The molecule has 2 N–H and O–H groups in total. The van der Waals surface area contributed by atoms with Crippen molar-refractivity contribution in [2.75, 3.05) is 0 Å². The molecular formula is C11H18N2O2. The molecule has 1 aliphatic carbocycles. The Kier molecular flexibility index (Phi) is 3.05. The maximum Gasteiger partial charge on any atom is 0.243 e. The van der Waals surface area contributed by atoms with Crippen molar-refractivity contribution in [1.29, 1.82) is 0 Å². The highest BCUT2D eigenvalue weighted by Crippen LogP contribution is 2.25. The van der Waals surface area contributed by atoms with Gasteiger partial charge in [-0.3, -0.25) is 14.9 Å². The maximum atomic E-state index is 11.5. The van der Waals surface area contributed by atoms with Gasteiger partial charge in [-0.05, 0) is 25.2 Å². The Balaban J connectivity index is 1.88. The molecule has 0 aromatic rings. The predicted molar refractivity (Wildman–Crippen MR) is 56.1 cm³/mol. The molecule has 1 aliphatic heterocycles. The summed E-state index contributed by atoms with van der Waals surface area (Å²) < 4.78 is 0. The van der Waals surface area contributed by atoms with E-state index in [0.717, 1.165) is 6.42 Å². The van der Waals surface area contributed by atoms with Gasteiger partial charge in [-0.25, -0.2) is 0 Å². The summed E-state index contributed by atoms with van der Waals surface area (Å²) in [6, 6.07) is 0.294. The first-order valence-corrected chi connectivity index (χ1v) is 5.76. The molecule has 1 saturated carbocycles. The van der Waals surface area contributed by atoms with Crippen LogP contribution in [0.2, 0.25) is 0 Å². The molecule has 2 rings (SSSR count). The van der Waals surface area contributed by atoms with Crippen molar-refractivity contribution in [1.82, 2.24) is 10.6 Å². The standard InChI is InChI=1S/C11H18N2O2/c1-7-3-2-4-8(7)12-9-5-6-10(14)13-11(9)15/h7-9,12H,2-6H2,1H3,(H,13,14,15). The summed E-state index contributed by atoms with van der Waals surface area (Å²) in [6.07, 6.45) is 4.74. The molecular weight excluding hydrogens is 192 g/mol. The van der Waals surface area contributed by atoms with Crippen molar-refractivity contribution < 1.29 is 9.59 Å². The summed E-state index contributed by atoms with van der Waals surface area (Å²) in [4.78, 5) is 22.5. The van der Waals surface area contributed by atoms with Crippen LogP contribution in [0.15, 0.2) is 0 Å². The van der Waals surface area contributed by atoms with E-state index < -0.39 is 0 Å². The minimum atomic E-state index is -0.159. The van der Waals surface area contributed by atoms with Gasteiger partial charge in [0.2, 0.25) is 11.8 Å². The zero-order valence-electron chi connectivity index (χ0n) is 9.08. The monoisotopic (exact) mass is 210 g/mol. The molecule has 3 atom stereocenters. The number of amides is 2. The third kappa shape index (κ3) is 2.37. The SMILES string of the molecule is CC1CCCC1NC1CCC(=O)NC1=O. The summed E-state index contributed by atoms with van der Waals surface area (Å²) in [5.41, 5.74) is 0. The van der Waals surface area contributed by atoms with Crippen LogP contribution in [0.3, 0.4) is 0 Å². The minimum absolute atomic E-state index is 0.141. The second kappa shape index (κ2) is 4.31. The third-order valence-electron chi connectivity index (χ3n) is 3.52. The van der Waals surface area contributed by atoms with Crippen molar-refractivity contribution in [2.24, 2.45) is 5.92 Å². The fourth-order valence-electron chi connectivity index (χ4n) is 2.50. The average molecular weight is 210 g/mol. The lowest BCUT2D eigenvalue weighted by Crippen LogP contribution is -2.53. The van der Waals surface area contributed by atoms with Crippen molar-refractivity contribution >= 4 is 11.8 Å². The molecule has 0 aromatic carbocycles. The molecule has 4 heteroatoms. The molecule has 2 amide bonds. The van der Waals surface area contributed by atoms with E-state index in [2.05, 4.69) is 17.6 Å². The highest BCUT2D eigenvalue weighted by Gasteiger charge is 2.31. The lowest BCUT2D eigenvalue weighted by Gasteiger charge is -2.27. The zero-order chi connectivity index (χ0) is 10.8. The molecule has 1 saturated heterocycles. The Morgan fingerprint density at radius 1 is 1.27 bits per heavy atom. The molecule has 15 heavy (non-hydrogen) atoms. The summed E-state index contributed by atoms with van der Waals surface area (Å²) in [5, 5.41) is 5.75. The van der Waals surface area contributed by atoms with Gasteiger partial charge < -0.3 is 5.32 Å². The molecule has 84 valence electrons. The van der Waals surface area contributed by atoms with Crippen LogP contribution in [0.5, 0.6) is 0 Å². The fourth-order valence-corrected chi connectivity index (χ4v) is 2.50. The van der Waals surface area contributed by atoms with E-state index >= 15 is 0 Å². The largest absolute Gasteiger partial charge is 0.303 e. The molecule has 0 radical (unpaired) electrons. The fraction of sp³-hybridized carbons (Fsp3) is 0.818. The summed E-state index contributed by atoms with van der Waals surface area (Å²) in [5.74, 6) is 0.360. The molecule has 1 heterocycles. The highest BCUT2D eigenvalue weighted by molar-refractivity contribution is 6.00. The van der Waals surface area contributed by atoms with Crippen LogP contribution in [0.1, 0.15) is 39.0 Å². The van der Waals surface area contributed by atoms with E-state index in [0.29, 0.717) is 24.8 Å². The van der Waals surface area contributed by atoms with Crippen LogP contribution in [-0.2, 0) is 9.59 Å². The number of piperidine rings is 1. The van der Waals surface area contributed by atoms with Crippen LogP contribution >= 0.6 is 0 Å². The predicted octanol–water partition coefficient (Wildman–Crippen LogP) is 0.570. The van der Waals surface area contributed by atoms with Crippen LogP contribution in [0.25, 0.3) is 0 Å². The number of carbonyl (C=O) groups excluding carboxylic acids is 2. The first-order chi connectivity index (χ1) is 7.16. The van der Waals surface area contributed by atoms with Crippen LogP contribution in [0, 0.1) is 5.92 Å². The number of imide groups is 1. The van der Waals surface area contributed by atoms with Crippen LogP contribution < -0.4 is 10.6 Å². The van der Waals surface area contributed by atoms with E-state index in [1.54, 1.807) is 0 Å². The Labute approximate surface area is 89.8 Å². The Morgan fingerprint density at radius 2 is 2.07 bits per heavy atom. The molecule has 3 unspecified atom stereocenters. The van der Waals surface area contributed by atoms with Crippen molar-refractivity contribution in [3.63, 3.8) is 0 Å². The third-order valence-corrected chi connectivity index (χ3v) is 3.52. The molecule has 2 fully saturated rings. The second-order valence-corrected chi connectivity index (χ2v) is 4.69. The van der Waals surface area contributed by atoms with E-state index in [-0.39, 0.29) is 17.9 Å². The lowest BCUT2D eigenvalue weighted by molar-refractivity contribution is -0.134. The molecule has 4 nitrogen and oxygen atoms in total. The minimum Gasteiger partial charge on any atom is -0.303 e. The molecule has 0 bridgehead atoms. The number of carbonyl (C=O) groups is 2. The number of nitrogens with one attached hydrogen (secondary N) is 2. The molecule has 2 aliphatic rings. The van der Waals surface area contributed by atoms with Crippen molar-refractivity contribution in [2.45, 2.75) is 51.1 Å². The smallest absolute Gasteiger partial charge is 0.243 e. The maximum absolute atomic E-state index is 11.5. The Bertz CT molecular complexity index is 278. The molecule has 0 spiro atoms. The van der Waals surface area contributed by atoms with E-state index in [1.807, 2.05) is 0 Å². The van der Waals surface area contributed by atoms with Gasteiger partial charge in [-0.1, -0.05) is 13.3 Å². The lowest BCUT2D eigenvalue weighted by atomic mass is 10.0.